The number of fused-ring (bicyclic) bond motifs is 3. The minimum absolute atomic E-state index is 0.225. The average molecular weight is 314 g/mol. The first-order valence-corrected chi connectivity index (χ1v) is 7.48. The van der Waals surface area contributed by atoms with Gasteiger partial charge in [-0.05, 0) is 38.1 Å². The summed E-state index contributed by atoms with van der Waals surface area (Å²) >= 11 is 0. The van der Waals surface area contributed by atoms with Crippen molar-refractivity contribution in [3.05, 3.63) is 46.5 Å². The summed E-state index contributed by atoms with van der Waals surface area (Å²) in [6.45, 7) is 7.09. The maximum atomic E-state index is 11.9. The Hall–Kier alpha value is -2.56. The van der Waals surface area contributed by atoms with Crippen LogP contribution >= 0.6 is 0 Å². The van der Waals surface area contributed by atoms with E-state index in [1.165, 1.54) is 6.07 Å². The second kappa shape index (κ2) is 5.26. The van der Waals surface area contributed by atoms with Gasteiger partial charge in [0.25, 0.3) is 0 Å². The number of esters is 1. The zero-order valence-electron chi connectivity index (χ0n) is 13.5. The van der Waals surface area contributed by atoms with E-state index in [4.69, 9.17) is 13.6 Å². The number of furan rings is 1. The van der Waals surface area contributed by atoms with E-state index in [0.717, 1.165) is 5.39 Å². The molecule has 0 saturated heterocycles. The van der Waals surface area contributed by atoms with Gasteiger partial charge >= 0.3 is 11.6 Å². The van der Waals surface area contributed by atoms with Crippen LogP contribution in [0.5, 0.6) is 0 Å². The Morgan fingerprint density at radius 3 is 2.52 bits per heavy atom. The van der Waals surface area contributed by atoms with Gasteiger partial charge in [0.15, 0.2) is 5.60 Å². The van der Waals surface area contributed by atoms with Crippen molar-refractivity contribution in [3.63, 3.8) is 0 Å². The predicted octanol–water partition coefficient (Wildman–Crippen LogP) is 3.97. The van der Waals surface area contributed by atoms with Crippen molar-refractivity contribution < 1.29 is 18.4 Å². The van der Waals surface area contributed by atoms with E-state index in [9.17, 15) is 9.59 Å². The fourth-order valence-corrected chi connectivity index (χ4v) is 2.36. The summed E-state index contributed by atoms with van der Waals surface area (Å²) in [6.07, 6.45) is 0. The molecule has 0 amide bonds. The van der Waals surface area contributed by atoms with Crippen LogP contribution in [0.15, 0.2) is 44.0 Å². The molecule has 0 fully saturated rings. The largest absolute Gasteiger partial charge is 0.457 e. The maximum Gasteiger partial charge on any atom is 0.336 e. The molecule has 3 rings (SSSR count). The van der Waals surface area contributed by atoms with Crippen LogP contribution < -0.4 is 5.63 Å². The van der Waals surface area contributed by atoms with Crippen LogP contribution in [0.1, 0.15) is 33.5 Å². The van der Waals surface area contributed by atoms with Crippen LogP contribution in [-0.4, -0.2) is 5.97 Å². The van der Waals surface area contributed by atoms with Crippen LogP contribution in [0.4, 0.5) is 0 Å². The normalized spacial score (nSPS) is 12.2. The highest BCUT2D eigenvalue weighted by molar-refractivity contribution is 6.02. The minimum atomic E-state index is -0.915. The topological polar surface area (TPSA) is 69.7 Å². The zero-order chi connectivity index (χ0) is 16.8. The van der Waals surface area contributed by atoms with E-state index in [2.05, 4.69) is 0 Å². The summed E-state index contributed by atoms with van der Waals surface area (Å²) < 4.78 is 16.6. The molecule has 0 aliphatic heterocycles. The lowest BCUT2D eigenvalue weighted by atomic mass is 10.0. The summed E-state index contributed by atoms with van der Waals surface area (Å²) in [7, 11) is 0. The third-order valence-electron chi connectivity index (χ3n) is 3.70. The molecule has 0 saturated carbocycles. The van der Waals surface area contributed by atoms with E-state index >= 15 is 0 Å². The summed E-state index contributed by atoms with van der Waals surface area (Å²) in [5.41, 5.74) is -0.286. The van der Waals surface area contributed by atoms with Crippen molar-refractivity contribution in [1.29, 1.82) is 0 Å². The molecule has 0 bridgehead atoms. The fourth-order valence-electron chi connectivity index (χ4n) is 2.36. The minimum Gasteiger partial charge on any atom is -0.457 e. The molecular formula is C18H18O5. The summed E-state index contributed by atoms with van der Waals surface area (Å²) in [4.78, 5) is 23.4. The number of benzene rings is 1. The second-order valence-corrected chi connectivity index (χ2v) is 6.35. The highest BCUT2D eigenvalue weighted by Crippen LogP contribution is 2.34. The number of ether oxygens (including phenoxy) is 1. The second-order valence-electron chi connectivity index (χ2n) is 6.35. The quantitative estimate of drug-likeness (QED) is 0.540. The van der Waals surface area contributed by atoms with Gasteiger partial charge in [-0.3, -0.25) is 4.79 Å². The van der Waals surface area contributed by atoms with E-state index in [-0.39, 0.29) is 11.9 Å². The lowest BCUT2D eigenvalue weighted by molar-refractivity contribution is -0.162. The third kappa shape index (κ3) is 2.74. The van der Waals surface area contributed by atoms with E-state index in [1.54, 1.807) is 39.8 Å². The summed E-state index contributed by atoms with van der Waals surface area (Å²) in [5, 5.41) is 1.49. The number of carbonyl (C=O) groups excluding carboxylic acids is 1. The molecule has 0 atom stereocenters. The monoisotopic (exact) mass is 314 g/mol. The van der Waals surface area contributed by atoms with Gasteiger partial charge in [0.1, 0.15) is 16.9 Å². The molecule has 0 aliphatic carbocycles. The Morgan fingerprint density at radius 2 is 1.83 bits per heavy atom. The van der Waals surface area contributed by atoms with Crippen molar-refractivity contribution >= 4 is 27.9 Å². The third-order valence-corrected chi connectivity index (χ3v) is 3.70. The van der Waals surface area contributed by atoms with Crippen molar-refractivity contribution in [2.24, 2.45) is 5.92 Å². The Balaban J connectivity index is 2.12. The number of hydrogen-bond acceptors (Lipinski definition) is 5. The molecule has 5 nitrogen and oxygen atoms in total. The summed E-state index contributed by atoms with van der Waals surface area (Å²) in [5.74, 6) is -0.0233. The van der Waals surface area contributed by atoms with Gasteiger partial charge in [-0.25, -0.2) is 4.79 Å². The van der Waals surface area contributed by atoms with Crippen LogP contribution in [0, 0.1) is 5.92 Å². The molecule has 0 aliphatic rings. The first kappa shape index (κ1) is 15.3. The molecule has 0 spiro atoms. The van der Waals surface area contributed by atoms with Gasteiger partial charge in [0, 0.05) is 11.5 Å². The van der Waals surface area contributed by atoms with Crippen molar-refractivity contribution in [3.8, 4) is 0 Å². The number of hydrogen-bond donors (Lipinski definition) is 0. The molecule has 3 aromatic rings. The summed E-state index contributed by atoms with van der Waals surface area (Å²) in [6, 6.07) is 8.47. The Bertz CT molecular complexity index is 943. The number of carbonyl (C=O) groups is 1. The molecule has 0 N–H and O–H groups in total. The SMILES string of the molecule is CC(C)C(=O)OC(C)(C)c1cc2c(ccc3ccc(=O)oc32)o1. The first-order valence-electron chi connectivity index (χ1n) is 7.48. The van der Waals surface area contributed by atoms with Gasteiger partial charge in [0.2, 0.25) is 0 Å². The van der Waals surface area contributed by atoms with Crippen LogP contribution in [-0.2, 0) is 15.1 Å². The standard InChI is InChI=1S/C18H18O5/c1-10(2)17(20)23-18(3,4)14-9-12-13(21-14)7-5-11-6-8-15(19)22-16(11)12/h5-10H,1-4H3. The van der Waals surface area contributed by atoms with Gasteiger partial charge in [-0.15, -0.1) is 0 Å². The van der Waals surface area contributed by atoms with Crippen LogP contribution in [0.25, 0.3) is 21.9 Å². The van der Waals surface area contributed by atoms with Gasteiger partial charge in [0.05, 0.1) is 11.3 Å². The maximum absolute atomic E-state index is 11.9. The Kier molecular flexibility index (Phi) is 3.51. The first-order chi connectivity index (χ1) is 10.8. The molecule has 2 heterocycles. The van der Waals surface area contributed by atoms with Gasteiger partial charge in [-0.1, -0.05) is 13.8 Å². The van der Waals surface area contributed by atoms with Gasteiger partial charge < -0.3 is 13.6 Å². The van der Waals surface area contributed by atoms with E-state index in [0.29, 0.717) is 22.3 Å². The molecule has 120 valence electrons. The molecular weight excluding hydrogens is 296 g/mol. The molecule has 0 unspecified atom stereocenters. The predicted molar refractivity (Wildman–Crippen MR) is 86.2 cm³/mol. The Labute approximate surface area is 132 Å². The van der Waals surface area contributed by atoms with Crippen LogP contribution in [0.3, 0.4) is 0 Å². The zero-order valence-corrected chi connectivity index (χ0v) is 13.5. The van der Waals surface area contributed by atoms with Gasteiger partial charge in [-0.2, -0.15) is 0 Å². The van der Waals surface area contributed by atoms with E-state index < -0.39 is 11.2 Å². The van der Waals surface area contributed by atoms with Crippen molar-refractivity contribution in [2.45, 2.75) is 33.3 Å². The Morgan fingerprint density at radius 1 is 1.13 bits per heavy atom. The highest BCUT2D eigenvalue weighted by atomic mass is 16.6. The molecule has 2 aromatic heterocycles. The molecule has 1 aromatic carbocycles. The smallest absolute Gasteiger partial charge is 0.336 e. The lowest BCUT2D eigenvalue weighted by Gasteiger charge is -2.23. The molecule has 5 heteroatoms. The average Bonchev–Trinajstić information content (AvgIpc) is 2.92. The molecule has 0 radical (unpaired) electrons. The number of rotatable bonds is 3. The van der Waals surface area contributed by atoms with Crippen molar-refractivity contribution in [2.75, 3.05) is 0 Å². The van der Waals surface area contributed by atoms with E-state index in [1.807, 2.05) is 12.1 Å². The lowest BCUT2D eigenvalue weighted by Crippen LogP contribution is -2.27. The van der Waals surface area contributed by atoms with Crippen LogP contribution in [0.2, 0.25) is 0 Å². The highest BCUT2D eigenvalue weighted by Gasteiger charge is 2.30. The fraction of sp³-hybridized carbons (Fsp3) is 0.333. The molecule has 23 heavy (non-hydrogen) atoms. The van der Waals surface area contributed by atoms with Crippen molar-refractivity contribution in [1.82, 2.24) is 0 Å².